The lowest BCUT2D eigenvalue weighted by Gasteiger charge is -2.09. The van der Waals surface area contributed by atoms with E-state index in [0.717, 1.165) is 16.9 Å². The molecular formula is C18H19N3O2S. The van der Waals surface area contributed by atoms with E-state index >= 15 is 0 Å². The third kappa shape index (κ3) is 3.38. The average Bonchev–Trinajstić information content (AvgIpc) is 2.90. The highest BCUT2D eigenvalue weighted by Crippen LogP contribution is 2.15. The fourth-order valence-corrected chi connectivity index (χ4v) is 3.18. The van der Waals surface area contributed by atoms with Crippen LogP contribution in [0, 0.1) is 6.92 Å². The fourth-order valence-electron chi connectivity index (χ4n) is 2.66. The maximum Gasteiger partial charge on any atom is 0.251 e. The van der Waals surface area contributed by atoms with Crippen molar-refractivity contribution < 1.29 is 9.00 Å². The van der Waals surface area contributed by atoms with Gasteiger partial charge in [0.25, 0.3) is 5.91 Å². The molecule has 3 rings (SSSR count). The molecule has 0 aliphatic rings. The Morgan fingerprint density at radius 1 is 1.17 bits per heavy atom. The summed E-state index contributed by atoms with van der Waals surface area (Å²) in [4.78, 5) is 17.4. The van der Waals surface area contributed by atoms with E-state index < -0.39 is 10.8 Å². The number of nitrogens with zero attached hydrogens (tertiary/aromatic N) is 2. The standard InChI is InChI=1S/C18H19N3O2S/c1-13-20-16-5-3-4-6-17(16)21(13)12-11-19-18(22)14-7-9-15(10-8-14)24(2)23/h3-10H,11-12H2,1-2H3,(H,19,22). The molecule has 0 spiro atoms. The van der Waals surface area contributed by atoms with Gasteiger partial charge in [0.15, 0.2) is 0 Å². The van der Waals surface area contributed by atoms with Crippen molar-refractivity contribution in [1.82, 2.24) is 14.9 Å². The number of benzene rings is 2. The highest BCUT2D eigenvalue weighted by atomic mass is 32.2. The molecule has 2 aromatic carbocycles. The molecule has 0 radical (unpaired) electrons. The van der Waals surface area contributed by atoms with Crippen LogP contribution in [0.4, 0.5) is 0 Å². The summed E-state index contributed by atoms with van der Waals surface area (Å²) in [6.45, 7) is 3.14. The second-order valence-electron chi connectivity index (χ2n) is 5.53. The molecule has 1 N–H and O–H groups in total. The number of aromatic nitrogens is 2. The summed E-state index contributed by atoms with van der Waals surface area (Å²) < 4.78 is 13.5. The molecular weight excluding hydrogens is 322 g/mol. The van der Waals surface area contributed by atoms with Gasteiger partial charge < -0.3 is 9.88 Å². The fraction of sp³-hybridized carbons (Fsp3) is 0.222. The van der Waals surface area contributed by atoms with E-state index in [0.29, 0.717) is 23.5 Å². The van der Waals surface area contributed by atoms with Gasteiger partial charge in [-0.1, -0.05) is 12.1 Å². The van der Waals surface area contributed by atoms with Gasteiger partial charge in [0, 0.05) is 40.6 Å². The number of hydrogen-bond donors (Lipinski definition) is 1. The van der Waals surface area contributed by atoms with Crippen molar-refractivity contribution in [2.75, 3.05) is 12.8 Å². The maximum atomic E-state index is 12.2. The third-order valence-corrected chi connectivity index (χ3v) is 4.85. The number of para-hydroxylation sites is 2. The first kappa shape index (κ1) is 16.4. The number of hydrogen-bond acceptors (Lipinski definition) is 3. The number of amides is 1. The van der Waals surface area contributed by atoms with E-state index in [1.54, 1.807) is 30.5 Å². The van der Waals surface area contributed by atoms with Crippen LogP contribution in [0.2, 0.25) is 0 Å². The Hall–Kier alpha value is -2.47. The van der Waals surface area contributed by atoms with Gasteiger partial charge in [0.2, 0.25) is 0 Å². The molecule has 1 amide bonds. The zero-order valence-electron chi connectivity index (χ0n) is 13.7. The largest absolute Gasteiger partial charge is 0.350 e. The summed E-state index contributed by atoms with van der Waals surface area (Å²) >= 11 is 0. The molecule has 0 aliphatic heterocycles. The van der Waals surface area contributed by atoms with Gasteiger partial charge in [-0.2, -0.15) is 0 Å². The Morgan fingerprint density at radius 2 is 1.88 bits per heavy atom. The molecule has 0 fully saturated rings. The molecule has 6 heteroatoms. The van der Waals surface area contributed by atoms with Crippen molar-refractivity contribution in [1.29, 1.82) is 0 Å². The number of rotatable bonds is 5. The lowest BCUT2D eigenvalue weighted by atomic mass is 10.2. The second-order valence-corrected chi connectivity index (χ2v) is 6.91. The molecule has 1 unspecified atom stereocenters. The third-order valence-electron chi connectivity index (χ3n) is 3.91. The lowest BCUT2D eigenvalue weighted by Crippen LogP contribution is -2.27. The molecule has 1 aromatic heterocycles. The Labute approximate surface area is 143 Å². The predicted molar refractivity (Wildman–Crippen MR) is 95.6 cm³/mol. The Morgan fingerprint density at radius 3 is 2.58 bits per heavy atom. The monoisotopic (exact) mass is 341 g/mol. The minimum absolute atomic E-state index is 0.134. The summed E-state index contributed by atoms with van der Waals surface area (Å²) in [5.74, 6) is 0.797. The van der Waals surface area contributed by atoms with Crippen LogP contribution in [0.25, 0.3) is 11.0 Å². The Bertz CT molecular complexity index is 900. The van der Waals surface area contributed by atoms with Gasteiger partial charge in [-0.05, 0) is 43.3 Å². The summed E-state index contributed by atoms with van der Waals surface area (Å²) in [5.41, 5.74) is 2.60. The van der Waals surface area contributed by atoms with Crippen LogP contribution in [0.15, 0.2) is 53.4 Å². The first-order valence-corrected chi connectivity index (χ1v) is 9.25. The molecule has 24 heavy (non-hydrogen) atoms. The SMILES string of the molecule is Cc1nc2ccccc2n1CCNC(=O)c1ccc(S(C)=O)cc1. The first-order chi connectivity index (χ1) is 11.6. The molecule has 0 saturated carbocycles. The molecule has 5 nitrogen and oxygen atoms in total. The van der Waals surface area contributed by atoms with Crippen LogP contribution in [0.1, 0.15) is 16.2 Å². The smallest absolute Gasteiger partial charge is 0.251 e. The highest BCUT2D eigenvalue weighted by molar-refractivity contribution is 7.84. The number of nitrogens with one attached hydrogen (secondary N) is 1. The minimum atomic E-state index is -1.03. The molecule has 1 heterocycles. The quantitative estimate of drug-likeness (QED) is 0.775. The van der Waals surface area contributed by atoms with Gasteiger partial charge in [-0.25, -0.2) is 4.98 Å². The van der Waals surface area contributed by atoms with Gasteiger partial charge in [-0.3, -0.25) is 9.00 Å². The maximum absolute atomic E-state index is 12.2. The highest BCUT2D eigenvalue weighted by Gasteiger charge is 2.08. The van der Waals surface area contributed by atoms with Crippen molar-refractivity contribution >= 4 is 27.7 Å². The molecule has 0 bridgehead atoms. The Balaban J connectivity index is 1.64. The van der Waals surface area contributed by atoms with Gasteiger partial charge in [0.1, 0.15) is 5.82 Å². The zero-order valence-corrected chi connectivity index (χ0v) is 14.5. The molecule has 0 aliphatic carbocycles. The average molecular weight is 341 g/mol. The van der Waals surface area contributed by atoms with Crippen LogP contribution in [0.3, 0.4) is 0 Å². The van der Waals surface area contributed by atoms with E-state index in [-0.39, 0.29) is 5.91 Å². The van der Waals surface area contributed by atoms with Crippen molar-refractivity contribution in [2.45, 2.75) is 18.4 Å². The number of fused-ring (bicyclic) bond motifs is 1. The van der Waals surface area contributed by atoms with Crippen molar-refractivity contribution in [3.8, 4) is 0 Å². The molecule has 1 atom stereocenters. The first-order valence-electron chi connectivity index (χ1n) is 7.70. The van der Waals surface area contributed by atoms with Gasteiger partial charge in [-0.15, -0.1) is 0 Å². The minimum Gasteiger partial charge on any atom is -0.350 e. The van der Waals surface area contributed by atoms with E-state index in [4.69, 9.17) is 0 Å². The van der Waals surface area contributed by atoms with Gasteiger partial charge >= 0.3 is 0 Å². The van der Waals surface area contributed by atoms with E-state index in [9.17, 15) is 9.00 Å². The van der Waals surface area contributed by atoms with Crippen molar-refractivity contribution in [3.63, 3.8) is 0 Å². The van der Waals surface area contributed by atoms with Gasteiger partial charge in [0.05, 0.1) is 11.0 Å². The summed E-state index contributed by atoms with van der Waals surface area (Å²) in [6, 6.07) is 14.8. The van der Waals surface area contributed by atoms with Crippen LogP contribution < -0.4 is 5.32 Å². The Kier molecular flexibility index (Phi) is 4.76. The number of imidazole rings is 1. The van der Waals surface area contributed by atoms with Crippen molar-refractivity contribution in [3.05, 3.63) is 59.9 Å². The molecule has 124 valence electrons. The number of carbonyl (C=O) groups is 1. The molecule has 3 aromatic rings. The molecule has 0 saturated heterocycles. The predicted octanol–water partition coefficient (Wildman–Crippen LogP) is 2.51. The lowest BCUT2D eigenvalue weighted by molar-refractivity contribution is 0.0952. The van der Waals surface area contributed by atoms with Crippen molar-refractivity contribution in [2.24, 2.45) is 0 Å². The van der Waals surface area contributed by atoms with Crippen LogP contribution in [-0.4, -0.2) is 32.5 Å². The zero-order chi connectivity index (χ0) is 17.1. The van der Waals surface area contributed by atoms with E-state index in [1.165, 1.54) is 0 Å². The summed E-state index contributed by atoms with van der Waals surface area (Å²) in [6.07, 6.45) is 1.62. The van der Waals surface area contributed by atoms with Crippen LogP contribution in [-0.2, 0) is 17.3 Å². The van der Waals surface area contributed by atoms with E-state index in [2.05, 4.69) is 14.9 Å². The van der Waals surface area contributed by atoms with Crippen LogP contribution in [0.5, 0.6) is 0 Å². The number of aryl methyl sites for hydroxylation is 1. The summed E-state index contributed by atoms with van der Waals surface area (Å²) in [5, 5.41) is 2.91. The normalized spacial score (nSPS) is 12.2. The van der Waals surface area contributed by atoms with E-state index in [1.807, 2.05) is 31.2 Å². The topological polar surface area (TPSA) is 64.0 Å². The van der Waals surface area contributed by atoms with Crippen LogP contribution >= 0.6 is 0 Å². The summed E-state index contributed by atoms with van der Waals surface area (Å²) in [7, 11) is -1.03. The second kappa shape index (κ2) is 6.97. The number of carbonyl (C=O) groups excluding carboxylic acids is 1.